The molecule has 0 aliphatic heterocycles. The second-order valence-corrected chi connectivity index (χ2v) is 3.84. The molecule has 1 aromatic rings. The van der Waals surface area contributed by atoms with Crippen LogP contribution < -0.4 is 0 Å². The first-order valence-corrected chi connectivity index (χ1v) is 5.92. The van der Waals surface area contributed by atoms with Crippen LogP contribution in [0.4, 0.5) is 8.78 Å². The molecule has 18 heavy (non-hydrogen) atoms. The minimum absolute atomic E-state index is 0.215. The van der Waals surface area contributed by atoms with E-state index in [1.807, 2.05) is 6.92 Å². The summed E-state index contributed by atoms with van der Waals surface area (Å²) in [6, 6.07) is 5.34. The van der Waals surface area contributed by atoms with Gasteiger partial charge in [0.25, 0.3) is 0 Å². The summed E-state index contributed by atoms with van der Waals surface area (Å²) in [6.45, 7) is 1.38. The van der Waals surface area contributed by atoms with E-state index in [0.29, 0.717) is 11.1 Å². The molecule has 0 unspecified atom stereocenters. The molecule has 3 heteroatoms. The molecule has 0 radical (unpaired) electrons. The molecule has 0 saturated heterocycles. The Hall–Kier alpha value is -1.77. The normalized spacial score (nSPS) is 12.1. The molecule has 1 nitrogen and oxygen atoms in total. The van der Waals surface area contributed by atoms with Crippen molar-refractivity contribution < 1.29 is 13.6 Å². The van der Waals surface area contributed by atoms with Crippen molar-refractivity contribution in [1.82, 2.24) is 0 Å². The van der Waals surface area contributed by atoms with E-state index in [1.54, 1.807) is 6.08 Å². The Bertz CT molecular complexity index is 444. The van der Waals surface area contributed by atoms with Gasteiger partial charge in [0.15, 0.2) is 5.78 Å². The highest BCUT2D eigenvalue weighted by Crippen LogP contribution is 2.12. The largest absolute Gasteiger partial charge is 0.289 e. The highest BCUT2D eigenvalue weighted by molar-refractivity contribution is 6.10. The molecule has 0 heterocycles. The molecule has 0 N–H and O–H groups in total. The van der Waals surface area contributed by atoms with Gasteiger partial charge >= 0.3 is 0 Å². The highest BCUT2D eigenvalue weighted by atomic mass is 19.1. The van der Waals surface area contributed by atoms with E-state index < -0.39 is 6.67 Å². The summed E-state index contributed by atoms with van der Waals surface area (Å²) >= 11 is 0. The van der Waals surface area contributed by atoms with Crippen LogP contribution in [0.25, 0.3) is 0 Å². The summed E-state index contributed by atoms with van der Waals surface area (Å²) in [7, 11) is 0. The van der Waals surface area contributed by atoms with E-state index in [1.165, 1.54) is 36.4 Å². The summed E-state index contributed by atoms with van der Waals surface area (Å²) < 4.78 is 24.9. The van der Waals surface area contributed by atoms with Gasteiger partial charge in [-0.25, -0.2) is 8.78 Å². The second-order valence-electron chi connectivity index (χ2n) is 3.84. The zero-order valence-electron chi connectivity index (χ0n) is 10.3. The molecule has 0 spiro atoms. The molecule has 0 saturated carbocycles. The molecule has 0 atom stereocenters. The third-order valence-electron chi connectivity index (χ3n) is 2.41. The fourth-order valence-corrected chi connectivity index (χ4v) is 1.48. The van der Waals surface area contributed by atoms with Crippen molar-refractivity contribution in [3.05, 3.63) is 59.4 Å². The Morgan fingerprint density at radius 2 is 1.94 bits per heavy atom. The van der Waals surface area contributed by atoms with Crippen LogP contribution in [-0.2, 0) is 0 Å². The van der Waals surface area contributed by atoms with Crippen LogP contribution in [0, 0.1) is 5.82 Å². The SMILES string of the molecule is CCC/C=C(\C=C/CF)C(=O)c1ccc(F)cc1. The van der Waals surface area contributed by atoms with E-state index in [2.05, 4.69) is 0 Å². The van der Waals surface area contributed by atoms with E-state index in [-0.39, 0.29) is 11.6 Å². The average molecular weight is 250 g/mol. The number of hydrogen-bond acceptors (Lipinski definition) is 1. The Morgan fingerprint density at radius 1 is 1.28 bits per heavy atom. The Morgan fingerprint density at radius 3 is 2.50 bits per heavy atom. The smallest absolute Gasteiger partial charge is 0.192 e. The predicted molar refractivity (Wildman–Crippen MR) is 68.8 cm³/mol. The summed E-state index contributed by atoms with van der Waals surface area (Å²) in [4.78, 5) is 12.1. The molecule has 1 aromatic carbocycles. The van der Waals surface area contributed by atoms with Crippen molar-refractivity contribution in [2.45, 2.75) is 19.8 Å². The number of rotatable bonds is 6. The molecule has 0 fully saturated rings. The number of benzene rings is 1. The number of hydrogen-bond donors (Lipinski definition) is 0. The lowest BCUT2D eigenvalue weighted by atomic mass is 10.0. The second kappa shape index (κ2) is 7.54. The number of alkyl halides is 1. The van der Waals surface area contributed by atoms with Crippen LogP contribution >= 0.6 is 0 Å². The molecule has 0 amide bonds. The van der Waals surface area contributed by atoms with Gasteiger partial charge in [0.05, 0.1) is 0 Å². The maximum atomic E-state index is 12.8. The van der Waals surface area contributed by atoms with E-state index in [0.717, 1.165) is 12.8 Å². The third kappa shape index (κ3) is 4.24. The average Bonchev–Trinajstić information content (AvgIpc) is 2.39. The first-order valence-electron chi connectivity index (χ1n) is 5.92. The molecule has 0 aromatic heterocycles. The minimum atomic E-state index is -0.611. The Balaban J connectivity index is 2.94. The first-order chi connectivity index (χ1) is 8.69. The number of halogens is 2. The van der Waals surface area contributed by atoms with Crippen LogP contribution in [-0.4, -0.2) is 12.5 Å². The summed E-state index contributed by atoms with van der Waals surface area (Å²) in [6.07, 6.45) is 6.20. The van der Waals surface area contributed by atoms with Crippen molar-refractivity contribution in [2.75, 3.05) is 6.67 Å². The molecule has 96 valence electrons. The maximum absolute atomic E-state index is 12.8. The number of carbonyl (C=O) groups is 1. The number of ketones is 1. The summed E-state index contributed by atoms with van der Waals surface area (Å²) in [5, 5.41) is 0. The zero-order valence-corrected chi connectivity index (χ0v) is 10.3. The van der Waals surface area contributed by atoms with Crippen molar-refractivity contribution in [3.8, 4) is 0 Å². The van der Waals surface area contributed by atoms with Crippen LogP contribution in [0.15, 0.2) is 48.1 Å². The van der Waals surface area contributed by atoms with Gasteiger partial charge in [-0.1, -0.05) is 31.6 Å². The molecule has 0 bridgehead atoms. The van der Waals surface area contributed by atoms with Crippen molar-refractivity contribution in [2.24, 2.45) is 0 Å². The van der Waals surface area contributed by atoms with Crippen molar-refractivity contribution >= 4 is 5.78 Å². The van der Waals surface area contributed by atoms with Crippen LogP contribution in [0.5, 0.6) is 0 Å². The number of allylic oxidation sites excluding steroid dienone is 4. The standard InChI is InChI=1S/C15H16F2O/c1-2-3-5-12(6-4-11-16)15(18)13-7-9-14(17)10-8-13/h4-10H,2-3,11H2,1H3/b6-4-,12-5+. The fraction of sp³-hybridized carbons (Fsp3) is 0.267. The Kier molecular flexibility index (Phi) is 5.98. The highest BCUT2D eigenvalue weighted by Gasteiger charge is 2.09. The summed E-state index contributed by atoms with van der Waals surface area (Å²) in [5.74, 6) is -0.599. The third-order valence-corrected chi connectivity index (χ3v) is 2.41. The topological polar surface area (TPSA) is 17.1 Å². The Labute approximate surface area is 106 Å². The first kappa shape index (κ1) is 14.3. The molecule has 0 aliphatic rings. The number of Topliss-reactive ketones (excluding diaryl/α,β-unsaturated/α-hetero) is 1. The van der Waals surface area contributed by atoms with Gasteiger partial charge in [-0.05, 0) is 30.7 Å². The van der Waals surface area contributed by atoms with Gasteiger partial charge < -0.3 is 0 Å². The predicted octanol–water partition coefficient (Wildman–Crippen LogP) is 4.26. The fourth-order valence-electron chi connectivity index (χ4n) is 1.48. The van der Waals surface area contributed by atoms with Crippen LogP contribution in [0.2, 0.25) is 0 Å². The van der Waals surface area contributed by atoms with Crippen LogP contribution in [0.1, 0.15) is 30.1 Å². The van der Waals surface area contributed by atoms with Gasteiger partial charge in [0.2, 0.25) is 0 Å². The maximum Gasteiger partial charge on any atom is 0.192 e. The lowest BCUT2D eigenvalue weighted by molar-refractivity contribution is 0.103. The monoisotopic (exact) mass is 250 g/mol. The summed E-state index contributed by atoms with van der Waals surface area (Å²) in [5.41, 5.74) is 0.850. The lowest BCUT2D eigenvalue weighted by Gasteiger charge is -2.02. The molecule has 0 aliphatic carbocycles. The minimum Gasteiger partial charge on any atom is -0.289 e. The van der Waals surface area contributed by atoms with Crippen molar-refractivity contribution in [3.63, 3.8) is 0 Å². The van der Waals surface area contributed by atoms with Gasteiger partial charge in [0, 0.05) is 11.1 Å². The van der Waals surface area contributed by atoms with Gasteiger partial charge in [-0.3, -0.25) is 4.79 Å². The van der Waals surface area contributed by atoms with E-state index in [4.69, 9.17) is 0 Å². The van der Waals surface area contributed by atoms with Crippen molar-refractivity contribution in [1.29, 1.82) is 0 Å². The molecular weight excluding hydrogens is 234 g/mol. The van der Waals surface area contributed by atoms with E-state index >= 15 is 0 Å². The van der Waals surface area contributed by atoms with Gasteiger partial charge in [-0.15, -0.1) is 0 Å². The quantitative estimate of drug-likeness (QED) is 0.419. The van der Waals surface area contributed by atoms with E-state index in [9.17, 15) is 13.6 Å². The lowest BCUT2D eigenvalue weighted by Crippen LogP contribution is -2.02. The number of carbonyl (C=O) groups excluding carboxylic acids is 1. The van der Waals surface area contributed by atoms with Crippen LogP contribution in [0.3, 0.4) is 0 Å². The van der Waals surface area contributed by atoms with Gasteiger partial charge in [0.1, 0.15) is 12.5 Å². The van der Waals surface area contributed by atoms with Gasteiger partial charge in [-0.2, -0.15) is 0 Å². The molecule has 1 rings (SSSR count). The molecular formula is C15H16F2O. The zero-order chi connectivity index (χ0) is 13.4. The number of unbranched alkanes of at least 4 members (excludes halogenated alkanes) is 1.